The number of alkyl carbamates (subject to hydrolysis) is 1. The van der Waals surface area contributed by atoms with Crippen molar-refractivity contribution in [2.75, 3.05) is 13.2 Å². The zero-order valence-corrected chi connectivity index (χ0v) is 16.8. The van der Waals surface area contributed by atoms with Gasteiger partial charge in [0.15, 0.2) is 0 Å². The molecule has 0 aliphatic heterocycles. The van der Waals surface area contributed by atoms with Gasteiger partial charge in [-0.2, -0.15) is 0 Å². The molecule has 4 nitrogen and oxygen atoms in total. The van der Waals surface area contributed by atoms with Crippen molar-refractivity contribution < 1.29 is 19.0 Å². The molecule has 1 atom stereocenters. The van der Waals surface area contributed by atoms with Gasteiger partial charge in [0.2, 0.25) is 0 Å². The highest BCUT2D eigenvalue weighted by atomic mass is 19.1. The lowest BCUT2D eigenvalue weighted by Gasteiger charge is -2.29. The molecule has 0 radical (unpaired) electrons. The molecule has 0 fully saturated rings. The SMILES string of the molecule is CC(CO)(Cc1ccccc1F)NC(=O)OCC1c2ccccc2-c2ccccc21. The number of carbonyl (C=O) groups excluding carboxylic acids is 1. The second kappa shape index (κ2) is 8.28. The first-order valence-corrected chi connectivity index (χ1v) is 9.98. The Bertz CT molecular complexity index is 1020. The van der Waals surface area contributed by atoms with Crippen LogP contribution in [0.5, 0.6) is 0 Å². The Hall–Kier alpha value is -3.18. The maximum absolute atomic E-state index is 14.0. The van der Waals surface area contributed by atoms with Crippen LogP contribution in [-0.4, -0.2) is 30.0 Å². The van der Waals surface area contributed by atoms with Crippen molar-refractivity contribution in [1.82, 2.24) is 5.32 Å². The zero-order valence-electron chi connectivity index (χ0n) is 16.8. The van der Waals surface area contributed by atoms with Gasteiger partial charge in [0.05, 0.1) is 12.1 Å². The predicted molar refractivity (Wildman–Crippen MR) is 114 cm³/mol. The monoisotopic (exact) mass is 405 g/mol. The summed E-state index contributed by atoms with van der Waals surface area (Å²) < 4.78 is 19.6. The fraction of sp³-hybridized carbons (Fsp3) is 0.240. The van der Waals surface area contributed by atoms with Crippen molar-refractivity contribution in [3.63, 3.8) is 0 Å². The molecule has 3 aromatic rings. The minimum absolute atomic E-state index is 0.0462. The zero-order chi connectivity index (χ0) is 21.1. The summed E-state index contributed by atoms with van der Waals surface area (Å²) in [5.74, 6) is -0.415. The van der Waals surface area contributed by atoms with E-state index in [1.807, 2.05) is 24.3 Å². The Morgan fingerprint density at radius 1 is 1.00 bits per heavy atom. The van der Waals surface area contributed by atoms with Crippen LogP contribution in [0.15, 0.2) is 72.8 Å². The molecule has 1 amide bonds. The molecule has 30 heavy (non-hydrogen) atoms. The number of fused-ring (bicyclic) bond motifs is 3. The van der Waals surface area contributed by atoms with Gasteiger partial charge in [-0.25, -0.2) is 9.18 Å². The molecule has 0 aromatic heterocycles. The lowest BCUT2D eigenvalue weighted by Crippen LogP contribution is -2.51. The molecule has 0 bridgehead atoms. The van der Waals surface area contributed by atoms with Crippen LogP contribution < -0.4 is 5.32 Å². The van der Waals surface area contributed by atoms with Crippen LogP contribution >= 0.6 is 0 Å². The Labute approximate surface area is 175 Å². The number of carbonyl (C=O) groups is 1. The molecular weight excluding hydrogens is 381 g/mol. The van der Waals surface area contributed by atoms with E-state index in [4.69, 9.17) is 4.74 Å². The first kappa shape index (κ1) is 20.1. The van der Waals surface area contributed by atoms with E-state index in [1.165, 1.54) is 6.07 Å². The number of hydrogen-bond donors (Lipinski definition) is 2. The summed E-state index contributed by atoms with van der Waals surface area (Å²) in [5, 5.41) is 12.5. The van der Waals surface area contributed by atoms with Crippen molar-refractivity contribution >= 4 is 6.09 Å². The summed E-state index contributed by atoms with van der Waals surface area (Å²) in [6.45, 7) is 1.51. The van der Waals surface area contributed by atoms with E-state index in [0.717, 1.165) is 22.3 Å². The Morgan fingerprint density at radius 2 is 1.57 bits per heavy atom. The van der Waals surface area contributed by atoms with Gasteiger partial charge < -0.3 is 15.2 Å². The molecule has 154 valence electrons. The fourth-order valence-electron chi connectivity index (χ4n) is 4.08. The minimum Gasteiger partial charge on any atom is -0.449 e. The molecule has 1 aliphatic rings. The van der Waals surface area contributed by atoms with Gasteiger partial charge in [0.25, 0.3) is 0 Å². The van der Waals surface area contributed by atoms with E-state index in [-0.39, 0.29) is 31.4 Å². The van der Waals surface area contributed by atoms with Crippen LogP contribution in [-0.2, 0) is 11.2 Å². The Kier molecular flexibility index (Phi) is 5.55. The van der Waals surface area contributed by atoms with Gasteiger partial charge in [-0.15, -0.1) is 0 Å². The van der Waals surface area contributed by atoms with E-state index in [0.29, 0.717) is 5.56 Å². The van der Waals surface area contributed by atoms with E-state index in [9.17, 15) is 14.3 Å². The molecular formula is C25H24FNO3. The van der Waals surface area contributed by atoms with Crippen LogP contribution in [0, 0.1) is 5.82 Å². The smallest absolute Gasteiger partial charge is 0.407 e. The third-order valence-corrected chi connectivity index (χ3v) is 5.63. The molecule has 4 rings (SSSR count). The lowest BCUT2D eigenvalue weighted by molar-refractivity contribution is 0.114. The van der Waals surface area contributed by atoms with Crippen LogP contribution in [0.25, 0.3) is 11.1 Å². The number of aliphatic hydroxyl groups excluding tert-OH is 1. The molecule has 2 N–H and O–H groups in total. The maximum atomic E-state index is 14.0. The van der Waals surface area contributed by atoms with Crippen molar-refractivity contribution in [1.29, 1.82) is 0 Å². The van der Waals surface area contributed by atoms with E-state index in [1.54, 1.807) is 25.1 Å². The average molecular weight is 405 g/mol. The summed E-state index contributed by atoms with van der Waals surface area (Å²) >= 11 is 0. The van der Waals surface area contributed by atoms with Crippen LogP contribution in [0.1, 0.15) is 29.5 Å². The second-order valence-corrected chi connectivity index (χ2v) is 7.94. The average Bonchev–Trinajstić information content (AvgIpc) is 3.08. The first-order valence-electron chi connectivity index (χ1n) is 9.98. The normalized spacial score (nSPS) is 14.5. The summed E-state index contributed by atoms with van der Waals surface area (Å²) in [7, 11) is 0. The van der Waals surface area contributed by atoms with E-state index in [2.05, 4.69) is 29.6 Å². The number of halogens is 1. The number of amides is 1. The summed E-state index contributed by atoms with van der Waals surface area (Å²) in [4.78, 5) is 12.5. The molecule has 1 aliphatic carbocycles. The molecule has 1 unspecified atom stereocenters. The lowest BCUT2D eigenvalue weighted by atomic mass is 9.93. The van der Waals surface area contributed by atoms with Crippen molar-refractivity contribution in [3.05, 3.63) is 95.3 Å². The maximum Gasteiger partial charge on any atom is 0.407 e. The number of aliphatic hydroxyl groups is 1. The van der Waals surface area contributed by atoms with E-state index >= 15 is 0 Å². The number of nitrogens with one attached hydrogen (secondary N) is 1. The van der Waals surface area contributed by atoms with Crippen molar-refractivity contribution in [2.24, 2.45) is 0 Å². The van der Waals surface area contributed by atoms with E-state index < -0.39 is 11.6 Å². The van der Waals surface area contributed by atoms with Crippen LogP contribution in [0.2, 0.25) is 0 Å². The van der Waals surface area contributed by atoms with Gasteiger partial charge in [0, 0.05) is 12.3 Å². The van der Waals surface area contributed by atoms with Gasteiger partial charge in [0.1, 0.15) is 12.4 Å². The quantitative estimate of drug-likeness (QED) is 0.627. The fourth-order valence-corrected chi connectivity index (χ4v) is 4.08. The highest BCUT2D eigenvalue weighted by Crippen LogP contribution is 2.44. The second-order valence-electron chi connectivity index (χ2n) is 7.94. The number of benzene rings is 3. The number of hydrogen-bond acceptors (Lipinski definition) is 3. The van der Waals surface area contributed by atoms with Crippen LogP contribution in [0.3, 0.4) is 0 Å². The topological polar surface area (TPSA) is 58.6 Å². The Morgan fingerprint density at radius 3 is 2.17 bits per heavy atom. The number of rotatable bonds is 6. The highest BCUT2D eigenvalue weighted by molar-refractivity contribution is 5.79. The van der Waals surface area contributed by atoms with Gasteiger partial charge in [-0.3, -0.25) is 0 Å². The number of ether oxygens (including phenoxy) is 1. The predicted octanol–water partition coefficient (Wildman–Crippen LogP) is 4.66. The van der Waals surface area contributed by atoms with Gasteiger partial charge in [-0.1, -0.05) is 66.7 Å². The first-order chi connectivity index (χ1) is 14.5. The largest absolute Gasteiger partial charge is 0.449 e. The summed E-state index contributed by atoms with van der Waals surface area (Å²) in [5.41, 5.74) is 3.95. The molecule has 0 saturated carbocycles. The Balaban J connectivity index is 1.45. The molecule has 0 spiro atoms. The van der Waals surface area contributed by atoms with Crippen LogP contribution in [0.4, 0.5) is 9.18 Å². The molecule has 0 heterocycles. The van der Waals surface area contributed by atoms with Gasteiger partial charge in [-0.05, 0) is 40.8 Å². The standard InChI is InChI=1S/C25H24FNO3/c1-25(16-28,14-17-8-2-7-13-23(17)26)27-24(29)30-15-22-20-11-5-3-9-18(20)19-10-4-6-12-21(19)22/h2-13,22,28H,14-16H2,1H3,(H,27,29). The molecule has 3 aromatic carbocycles. The highest BCUT2D eigenvalue weighted by Gasteiger charge is 2.31. The third-order valence-electron chi connectivity index (χ3n) is 5.63. The van der Waals surface area contributed by atoms with Crippen molar-refractivity contribution in [3.8, 4) is 11.1 Å². The van der Waals surface area contributed by atoms with Gasteiger partial charge >= 0.3 is 6.09 Å². The summed E-state index contributed by atoms with van der Waals surface area (Å²) in [6, 6.07) is 22.6. The molecule has 5 heteroatoms. The third kappa shape index (κ3) is 3.94. The summed E-state index contributed by atoms with van der Waals surface area (Å²) in [6.07, 6.45) is -0.481. The minimum atomic E-state index is -1.04. The molecule has 0 saturated heterocycles. The van der Waals surface area contributed by atoms with Crippen molar-refractivity contribution in [2.45, 2.75) is 24.8 Å².